The van der Waals surface area contributed by atoms with Gasteiger partial charge in [0.25, 0.3) is 0 Å². The fourth-order valence-electron chi connectivity index (χ4n) is 2.85. The third-order valence-corrected chi connectivity index (χ3v) is 4.14. The van der Waals surface area contributed by atoms with E-state index in [0.717, 1.165) is 38.3 Å². The fourth-order valence-corrected chi connectivity index (χ4v) is 2.85. The summed E-state index contributed by atoms with van der Waals surface area (Å²) in [6.07, 6.45) is 1.12. The number of nitrogens with one attached hydrogen (secondary N) is 1. The number of hydrogen-bond acceptors (Lipinski definition) is 3. The molecule has 0 spiro atoms. The highest BCUT2D eigenvalue weighted by molar-refractivity contribution is 5.45. The second kappa shape index (κ2) is 6.40. The number of fused-ring (bicyclic) bond motifs is 1. The summed E-state index contributed by atoms with van der Waals surface area (Å²) < 4.78 is 5.60. The molecule has 1 unspecified atom stereocenters. The maximum absolute atomic E-state index is 5.60. The summed E-state index contributed by atoms with van der Waals surface area (Å²) in [6.45, 7) is 10.8. The molecule has 1 aromatic rings. The molecule has 1 atom stereocenters. The molecule has 0 saturated heterocycles. The van der Waals surface area contributed by atoms with Gasteiger partial charge in [-0.15, -0.1) is 0 Å². The van der Waals surface area contributed by atoms with Crippen LogP contribution in [-0.2, 0) is 13.0 Å². The third kappa shape index (κ3) is 3.10. The normalized spacial score (nSPS) is 18.5. The Bertz CT molecular complexity index is 427. The van der Waals surface area contributed by atoms with Gasteiger partial charge in [-0.1, -0.05) is 19.9 Å². The van der Waals surface area contributed by atoms with E-state index in [1.54, 1.807) is 7.11 Å². The van der Waals surface area contributed by atoms with Crippen molar-refractivity contribution in [1.29, 1.82) is 0 Å². The summed E-state index contributed by atoms with van der Waals surface area (Å²) in [6, 6.07) is 5.01. The number of ether oxygens (including phenoxy) is 1. The molecule has 1 aliphatic rings. The Hall–Kier alpha value is -1.06. The minimum Gasteiger partial charge on any atom is -0.496 e. The van der Waals surface area contributed by atoms with E-state index < -0.39 is 0 Å². The third-order valence-electron chi connectivity index (χ3n) is 4.14. The van der Waals surface area contributed by atoms with Crippen molar-refractivity contribution in [3.05, 3.63) is 28.8 Å². The second-order valence-corrected chi connectivity index (χ2v) is 5.25. The van der Waals surface area contributed by atoms with Crippen LogP contribution in [0.15, 0.2) is 12.1 Å². The zero-order valence-electron chi connectivity index (χ0n) is 12.6. The molecule has 0 fully saturated rings. The van der Waals surface area contributed by atoms with Crippen LogP contribution in [0.3, 0.4) is 0 Å². The lowest BCUT2D eigenvalue weighted by Gasteiger charge is -2.27. The van der Waals surface area contributed by atoms with E-state index in [2.05, 4.69) is 43.1 Å². The van der Waals surface area contributed by atoms with Gasteiger partial charge in [0.2, 0.25) is 0 Å². The zero-order valence-corrected chi connectivity index (χ0v) is 12.6. The van der Waals surface area contributed by atoms with Gasteiger partial charge in [0.1, 0.15) is 5.75 Å². The van der Waals surface area contributed by atoms with Crippen molar-refractivity contribution in [3.8, 4) is 5.75 Å². The smallest absolute Gasteiger partial charge is 0.123 e. The van der Waals surface area contributed by atoms with Crippen LogP contribution in [0.25, 0.3) is 0 Å². The molecule has 0 bridgehead atoms. The van der Waals surface area contributed by atoms with Crippen LogP contribution < -0.4 is 10.1 Å². The lowest BCUT2D eigenvalue weighted by Crippen LogP contribution is -2.28. The average Bonchev–Trinajstić information content (AvgIpc) is 2.44. The quantitative estimate of drug-likeness (QED) is 0.883. The molecular formula is C16H26N2O. The highest BCUT2D eigenvalue weighted by Crippen LogP contribution is 2.31. The van der Waals surface area contributed by atoms with E-state index in [1.807, 2.05) is 0 Å². The monoisotopic (exact) mass is 262 g/mol. The molecular weight excluding hydrogens is 236 g/mol. The standard InChI is InChI=1S/C16H26N2O/c1-5-18(6-2)11-14-9-13-7-8-17-12(3)15(13)10-16(14)19-4/h9-10,12,17H,5-8,11H2,1-4H3. The molecule has 3 nitrogen and oxygen atoms in total. The summed E-state index contributed by atoms with van der Waals surface area (Å²) in [7, 11) is 1.77. The summed E-state index contributed by atoms with van der Waals surface area (Å²) in [5, 5.41) is 3.51. The number of nitrogens with zero attached hydrogens (tertiary/aromatic N) is 1. The van der Waals surface area contributed by atoms with Crippen molar-refractivity contribution in [2.75, 3.05) is 26.7 Å². The first kappa shape index (κ1) is 14.4. The number of rotatable bonds is 5. The van der Waals surface area contributed by atoms with Gasteiger partial charge in [0.05, 0.1) is 7.11 Å². The lowest BCUT2D eigenvalue weighted by atomic mass is 9.92. The van der Waals surface area contributed by atoms with Gasteiger partial charge >= 0.3 is 0 Å². The van der Waals surface area contributed by atoms with E-state index in [-0.39, 0.29) is 0 Å². The van der Waals surface area contributed by atoms with E-state index in [9.17, 15) is 0 Å². The van der Waals surface area contributed by atoms with E-state index in [0.29, 0.717) is 6.04 Å². The van der Waals surface area contributed by atoms with Gasteiger partial charge in [-0.3, -0.25) is 4.90 Å². The summed E-state index contributed by atoms with van der Waals surface area (Å²) in [5.41, 5.74) is 4.19. The number of benzene rings is 1. The van der Waals surface area contributed by atoms with E-state index in [1.165, 1.54) is 16.7 Å². The maximum atomic E-state index is 5.60. The first-order valence-corrected chi connectivity index (χ1v) is 7.35. The molecule has 0 saturated carbocycles. The average molecular weight is 262 g/mol. The van der Waals surface area contributed by atoms with Gasteiger partial charge in [-0.25, -0.2) is 0 Å². The van der Waals surface area contributed by atoms with E-state index in [4.69, 9.17) is 4.74 Å². The molecule has 2 rings (SSSR count). The molecule has 0 amide bonds. The summed E-state index contributed by atoms with van der Waals surface area (Å²) in [5.74, 6) is 1.03. The van der Waals surface area contributed by atoms with Gasteiger partial charge in [0, 0.05) is 18.2 Å². The van der Waals surface area contributed by atoms with Crippen molar-refractivity contribution in [3.63, 3.8) is 0 Å². The molecule has 1 aromatic carbocycles. The molecule has 1 heterocycles. The van der Waals surface area contributed by atoms with E-state index >= 15 is 0 Å². The highest BCUT2D eigenvalue weighted by Gasteiger charge is 2.19. The van der Waals surface area contributed by atoms with Gasteiger partial charge in [0.15, 0.2) is 0 Å². The minimum absolute atomic E-state index is 0.431. The van der Waals surface area contributed by atoms with Gasteiger partial charge in [-0.2, -0.15) is 0 Å². The maximum Gasteiger partial charge on any atom is 0.123 e. The predicted octanol–water partition coefficient (Wildman–Crippen LogP) is 2.74. The summed E-state index contributed by atoms with van der Waals surface area (Å²) in [4.78, 5) is 2.43. The minimum atomic E-state index is 0.431. The lowest BCUT2D eigenvalue weighted by molar-refractivity contribution is 0.289. The van der Waals surface area contributed by atoms with Crippen molar-refractivity contribution in [2.45, 2.75) is 39.8 Å². The Labute approximate surface area is 116 Å². The van der Waals surface area contributed by atoms with Crippen LogP contribution in [0.5, 0.6) is 5.75 Å². The molecule has 3 heteroatoms. The van der Waals surface area contributed by atoms with Crippen LogP contribution in [0, 0.1) is 0 Å². The molecule has 0 radical (unpaired) electrons. The van der Waals surface area contributed by atoms with Crippen LogP contribution in [0.1, 0.15) is 43.5 Å². The SMILES string of the molecule is CCN(CC)Cc1cc2c(cc1OC)C(C)NCC2. The molecule has 0 aliphatic carbocycles. The highest BCUT2D eigenvalue weighted by atomic mass is 16.5. The molecule has 19 heavy (non-hydrogen) atoms. The van der Waals surface area contributed by atoms with Crippen LogP contribution in [-0.4, -0.2) is 31.6 Å². The van der Waals surface area contributed by atoms with Crippen LogP contribution >= 0.6 is 0 Å². The van der Waals surface area contributed by atoms with Crippen LogP contribution in [0.4, 0.5) is 0 Å². The Balaban J connectivity index is 2.32. The Morgan fingerprint density at radius 2 is 2.05 bits per heavy atom. The Morgan fingerprint density at radius 3 is 2.68 bits per heavy atom. The first-order valence-electron chi connectivity index (χ1n) is 7.35. The predicted molar refractivity (Wildman–Crippen MR) is 79.7 cm³/mol. The second-order valence-electron chi connectivity index (χ2n) is 5.25. The largest absolute Gasteiger partial charge is 0.496 e. The topological polar surface area (TPSA) is 24.5 Å². The van der Waals surface area contributed by atoms with Crippen molar-refractivity contribution in [1.82, 2.24) is 10.2 Å². The number of methoxy groups -OCH3 is 1. The Kier molecular flexibility index (Phi) is 4.83. The molecule has 1 N–H and O–H groups in total. The van der Waals surface area contributed by atoms with Gasteiger partial charge < -0.3 is 10.1 Å². The first-order chi connectivity index (χ1) is 9.19. The molecule has 1 aliphatic heterocycles. The molecule has 106 valence electrons. The van der Waals surface area contributed by atoms with Gasteiger partial charge in [-0.05, 0) is 50.2 Å². The van der Waals surface area contributed by atoms with Crippen molar-refractivity contribution < 1.29 is 4.74 Å². The fraction of sp³-hybridized carbons (Fsp3) is 0.625. The van der Waals surface area contributed by atoms with Crippen LogP contribution in [0.2, 0.25) is 0 Å². The Morgan fingerprint density at radius 1 is 1.32 bits per heavy atom. The van der Waals surface area contributed by atoms with Crippen molar-refractivity contribution >= 4 is 0 Å². The van der Waals surface area contributed by atoms with Crippen molar-refractivity contribution in [2.24, 2.45) is 0 Å². The number of hydrogen-bond donors (Lipinski definition) is 1. The zero-order chi connectivity index (χ0) is 13.8. The summed E-state index contributed by atoms with van der Waals surface area (Å²) >= 11 is 0. The molecule has 0 aromatic heterocycles.